The number of anilines is 1. The minimum atomic E-state index is 0.583. The average Bonchev–Trinajstić information content (AvgIpc) is 2.39. The molecule has 0 bridgehead atoms. The number of nitrogens with one attached hydrogen (secondary N) is 1. The van der Waals surface area contributed by atoms with Crippen LogP contribution < -0.4 is 5.32 Å². The molecule has 2 aromatic rings. The second kappa shape index (κ2) is 5.97. The zero-order valence-corrected chi connectivity index (χ0v) is 11.9. The second-order valence-electron chi connectivity index (χ2n) is 4.23. The topological polar surface area (TPSA) is 35.8 Å². The molecular formula is C15H12Cl2N2. The lowest BCUT2D eigenvalue weighted by atomic mass is 10.1. The van der Waals surface area contributed by atoms with Gasteiger partial charge in [0.2, 0.25) is 0 Å². The van der Waals surface area contributed by atoms with Crippen LogP contribution in [0.4, 0.5) is 5.69 Å². The van der Waals surface area contributed by atoms with Crippen LogP contribution in [0.5, 0.6) is 0 Å². The van der Waals surface area contributed by atoms with E-state index in [0.717, 1.165) is 21.8 Å². The van der Waals surface area contributed by atoms with Gasteiger partial charge < -0.3 is 5.32 Å². The number of halogens is 2. The van der Waals surface area contributed by atoms with Crippen molar-refractivity contribution in [2.24, 2.45) is 0 Å². The van der Waals surface area contributed by atoms with E-state index in [0.29, 0.717) is 17.1 Å². The standard InChI is InChI=1S/C15H12Cl2N2/c1-10-6-13(16)4-3-12(10)9-19-15-7-11(8-18)2-5-14(15)17/h2-7,19H,9H2,1H3. The lowest BCUT2D eigenvalue weighted by Gasteiger charge is -2.11. The van der Waals surface area contributed by atoms with Crippen molar-refractivity contribution in [2.45, 2.75) is 13.5 Å². The number of nitrogens with zero attached hydrogens (tertiary/aromatic N) is 1. The van der Waals surface area contributed by atoms with E-state index in [-0.39, 0.29) is 0 Å². The molecule has 0 aliphatic carbocycles. The van der Waals surface area contributed by atoms with Gasteiger partial charge in [-0.25, -0.2) is 0 Å². The van der Waals surface area contributed by atoms with Gasteiger partial charge in [0.25, 0.3) is 0 Å². The van der Waals surface area contributed by atoms with Gasteiger partial charge in [-0.05, 0) is 48.4 Å². The summed E-state index contributed by atoms with van der Waals surface area (Å²) in [4.78, 5) is 0. The molecule has 0 radical (unpaired) electrons. The number of benzene rings is 2. The highest BCUT2D eigenvalue weighted by Gasteiger charge is 2.03. The maximum absolute atomic E-state index is 8.88. The largest absolute Gasteiger partial charge is 0.380 e. The highest BCUT2D eigenvalue weighted by Crippen LogP contribution is 2.24. The highest BCUT2D eigenvalue weighted by molar-refractivity contribution is 6.33. The summed E-state index contributed by atoms with van der Waals surface area (Å²) < 4.78 is 0. The fourth-order valence-corrected chi connectivity index (χ4v) is 2.19. The summed E-state index contributed by atoms with van der Waals surface area (Å²) in [5, 5.41) is 13.4. The van der Waals surface area contributed by atoms with Crippen molar-refractivity contribution in [3.05, 3.63) is 63.1 Å². The van der Waals surface area contributed by atoms with Crippen LogP contribution in [0.3, 0.4) is 0 Å². The zero-order chi connectivity index (χ0) is 13.8. The van der Waals surface area contributed by atoms with Crippen molar-refractivity contribution in [3.8, 4) is 6.07 Å². The van der Waals surface area contributed by atoms with Gasteiger partial charge in [-0.15, -0.1) is 0 Å². The number of rotatable bonds is 3. The quantitative estimate of drug-likeness (QED) is 0.882. The van der Waals surface area contributed by atoms with Gasteiger partial charge in [0, 0.05) is 11.6 Å². The SMILES string of the molecule is Cc1cc(Cl)ccc1CNc1cc(C#N)ccc1Cl. The number of aryl methyl sites for hydroxylation is 1. The number of hydrogen-bond donors (Lipinski definition) is 1. The van der Waals surface area contributed by atoms with E-state index in [9.17, 15) is 0 Å². The Morgan fingerprint density at radius 3 is 2.63 bits per heavy atom. The molecule has 19 heavy (non-hydrogen) atoms. The molecule has 0 saturated carbocycles. The molecule has 4 heteroatoms. The molecule has 0 heterocycles. The first kappa shape index (κ1) is 13.7. The van der Waals surface area contributed by atoms with Gasteiger partial charge >= 0.3 is 0 Å². The molecule has 0 spiro atoms. The van der Waals surface area contributed by atoms with Crippen molar-refractivity contribution in [1.82, 2.24) is 0 Å². The Kier molecular flexibility index (Phi) is 4.31. The van der Waals surface area contributed by atoms with Crippen molar-refractivity contribution < 1.29 is 0 Å². The lowest BCUT2D eigenvalue weighted by molar-refractivity contribution is 1.12. The van der Waals surface area contributed by atoms with E-state index >= 15 is 0 Å². The third kappa shape index (κ3) is 3.41. The first-order valence-electron chi connectivity index (χ1n) is 5.78. The monoisotopic (exact) mass is 290 g/mol. The fourth-order valence-electron chi connectivity index (χ4n) is 1.78. The van der Waals surface area contributed by atoms with Gasteiger partial charge in [0.15, 0.2) is 0 Å². The van der Waals surface area contributed by atoms with Crippen molar-refractivity contribution in [3.63, 3.8) is 0 Å². The third-order valence-electron chi connectivity index (χ3n) is 2.87. The fraction of sp³-hybridized carbons (Fsp3) is 0.133. The van der Waals surface area contributed by atoms with Gasteiger partial charge in [-0.1, -0.05) is 29.3 Å². The summed E-state index contributed by atoms with van der Waals surface area (Å²) in [5.41, 5.74) is 3.60. The molecule has 0 aromatic heterocycles. The Bertz CT molecular complexity index is 645. The molecule has 96 valence electrons. The van der Waals surface area contributed by atoms with E-state index in [4.69, 9.17) is 28.5 Å². The minimum absolute atomic E-state index is 0.583. The van der Waals surface area contributed by atoms with Crippen LogP contribution in [0.25, 0.3) is 0 Å². The summed E-state index contributed by atoms with van der Waals surface area (Å²) in [6.45, 7) is 2.65. The molecule has 0 aliphatic rings. The Labute approximate surface area is 122 Å². The summed E-state index contributed by atoms with van der Waals surface area (Å²) in [5.74, 6) is 0. The van der Waals surface area contributed by atoms with Crippen LogP contribution in [-0.4, -0.2) is 0 Å². The van der Waals surface area contributed by atoms with E-state index in [1.54, 1.807) is 18.2 Å². The molecule has 0 unspecified atom stereocenters. The molecule has 2 rings (SSSR count). The van der Waals surface area contributed by atoms with E-state index in [2.05, 4.69) is 11.4 Å². The van der Waals surface area contributed by atoms with Crippen LogP contribution in [0.2, 0.25) is 10.0 Å². The predicted molar refractivity (Wildman–Crippen MR) is 79.7 cm³/mol. The van der Waals surface area contributed by atoms with Gasteiger partial charge in [-0.3, -0.25) is 0 Å². The zero-order valence-electron chi connectivity index (χ0n) is 10.4. The molecule has 2 aromatic carbocycles. The minimum Gasteiger partial charge on any atom is -0.380 e. The summed E-state index contributed by atoms with van der Waals surface area (Å²) in [7, 11) is 0. The van der Waals surface area contributed by atoms with Crippen molar-refractivity contribution in [2.75, 3.05) is 5.32 Å². The lowest BCUT2D eigenvalue weighted by Crippen LogP contribution is -2.02. The van der Waals surface area contributed by atoms with Gasteiger partial charge in [0.05, 0.1) is 22.3 Å². The third-order valence-corrected chi connectivity index (χ3v) is 3.43. The molecule has 0 aliphatic heterocycles. The maximum Gasteiger partial charge on any atom is 0.0992 e. The van der Waals surface area contributed by atoms with Crippen LogP contribution >= 0.6 is 23.2 Å². The molecule has 0 saturated heterocycles. The van der Waals surface area contributed by atoms with Crippen molar-refractivity contribution in [1.29, 1.82) is 5.26 Å². The smallest absolute Gasteiger partial charge is 0.0992 e. The molecular weight excluding hydrogens is 279 g/mol. The summed E-state index contributed by atoms with van der Waals surface area (Å²) in [6.07, 6.45) is 0. The highest BCUT2D eigenvalue weighted by atomic mass is 35.5. The first-order valence-corrected chi connectivity index (χ1v) is 6.54. The number of nitriles is 1. The Balaban J connectivity index is 2.16. The van der Waals surface area contributed by atoms with Crippen LogP contribution in [0, 0.1) is 18.3 Å². The molecule has 1 N–H and O–H groups in total. The summed E-state index contributed by atoms with van der Waals surface area (Å²) in [6, 6.07) is 13.0. The second-order valence-corrected chi connectivity index (χ2v) is 5.07. The Hall–Kier alpha value is -1.69. The van der Waals surface area contributed by atoms with Gasteiger partial charge in [0.1, 0.15) is 0 Å². The first-order chi connectivity index (χ1) is 9.10. The molecule has 0 atom stereocenters. The molecule has 0 amide bonds. The molecule has 0 fully saturated rings. The van der Waals surface area contributed by atoms with Crippen LogP contribution in [-0.2, 0) is 6.54 Å². The summed E-state index contributed by atoms with van der Waals surface area (Å²) >= 11 is 12.0. The predicted octanol–water partition coefficient (Wildman–Crippen LogP) is 4.79. The van der Waals surface area contributed by atoms with E-state index in [1.165, 1.54) is 0 Å². The number of hydrogen-bond acceptors (Lipinski definition) is 2. The van der Waals surface area contributed by atoms with Crippen molar-refractivity contribution >= 4 is 28.9 Å². The molecule has 2 nitrogen and oxygen atoms in total. The maximum atomic E-state index is 8.88. The van der Waals surface area contributed by atoms with E-state index in [1.807, 2.05) is 25.1 Å². The van der Waals surface area contributed by atoms with Crippen LogP contribution in [0.15, 0.2) is 36.4 Å². The normalized spacial score (nSPS) is 10.0. The Morgan fingerprint density at radius 2 is 1.95 bits per heavy atom. The van der Waals surface area contributed by atoms with E-state index < -0.39 is 0 Å². The average molecular weight is 291 g/mol. The van der Waals surface area contributed by atoms with Gasteiger partial charge in [-0.2, -0.15) is 5.26 Å². The van der Waals surface area contributed by atoms with Crippen LogP contribution in [0.1, 0.15) is 16.7 Å². The Morgan fingerprint density at radius 1 is 1.16 bits per heavy atom.